The van der Waals surface area contributed by atoms with E-state index in [1.165, 1.54) is 0 Å². The van der Waals surface area contributed by atoms with Crippen molar-refractivity contribution in [1.29, 1.82) is 0 Å². The van der Waals surface area contributed by atoms with Gasteiger partial charge in [-0.25, -0.2) is 13.1 Å². The van der Waals surface area contributed by atoms with E-state index in [9.17, 15) is 8.42 Å². The van der Waals surface area contributed by atoms with Gasteiger partial charge in [0.25, 0.3) is 0 Å². The monoisotopic (exact) mass is 311 g/mol. The van der Waals surface area contributed by atoms with Crippen LogP contribution in [-0.2, 0) is 16.4 Å². The van der Waals surface area contributed by atoms with Crippen LogP contribution in [0, 0.1) is 0 Å². The smallest absolute Gasteiger partial charge is 0.240 e. The number of nitrogens with zero attached hydrogens (tertiary/aromatic N) is 1. The van der Waals surface area contributed by atoms with Crippen molar-refractivity contribution in [1.82, 2.24) is 14.9 Å². The first-order valence-corrected chi connectivity index (χ1v) is 9.12. The molecule has 0 amide bonds. The SMILES string of the molecule is CCc1ccc(S(=O)(=O)NCCCN2CCNCC2)cc1. The molecule has 0 saturated carbocycles. The highest BCUT2D eigenvalue weighted by Gasteiger charge is 2.14. The van der Waals surface area contributed by atoms with Gasteiger partial charge >= 0.3 is 0 Å². The summed E-state index contributed by atoms with van der Waals surface area (Å²) in [5, 5.41) is 3.31. The third-order valence-electron chi connectivity index (χ3n) is 3.79. The van der Waals surface area contributed by atoms with Crippen molar-refractivity contribution in [2.45, 2.75) is 24.7 Å². The van der Waals surface area contributed by atoms with Gasteiger partial charge in [0.15, 0.2) is 0 Å². The first-order valence-electron chi connectivity index (χ1n) is 7.63. The molecule has 1 aliphatic heterocycles. The summed E-state index contributed by atoms with van der Waals surface area (Å²) in [6.45, 7) is 7.63. The quantitative estimate of drug-likeness (QED) is 0.732. The average Bonchev–Trinajstić information content (AvgIpc) is 2.53. The number of sulfonamides is 1. The summed E-state index contributed by atoms with van der Waals surface area (Å²) >= 11 is 0. The number of piperazine rings is 1. The Hall–Kier alpha value is -0.950. The highest BCUT2D eigenvalue weighted by molar-refractivity contribution is 7.89. The molecule has 0 aromatic heterocycles. The lowest BCUT2D eigenvalue weighted by molar-refractivity contribution is 0.239. The van der Waals surface area contributed by atoms with E-state index in [1.54, 1.807) is 12.1 Å². The molecule has 1 aromatic rings. The number of nitrogens with one attached hydrogen (secondary N) is 2. The molecular formula is C15H25N3O2S. The third kappa shape index (κ3) is 5.07. The Balaban J connectivity index is 1.77. The largest absolute Gasteiger partial charge is 0.314 e. The number of benzene rings is 1. The molecule has 0 bridgehead atoms. The van der Waals surface area contributed by atoms with Gasteiger partial charge in [-0.1, -0.05) is 19.1 Å². The Morgan fingerprint density at radius 3 is 2.48 bits per heavy atom. The van der Waals surface area contributed by atoms with Gasteiger partial charge in [0.1, 0.15) is 0 Å². The Kier molecular flexibility index (Phi) is 6.17. The van der Waals surface area contributed by atoms with Crippen LogP contribution in [0.4, 0.5) is 0 Å². The molecular weight excluding hydrogens is 286 g/mol. The van der Waals surface area contributed by atoms with E-state index >= 15 is 0 Å². The second-order valence-electron chi connectivity index (χ2n) is 5.34. The lowest BCUT2D eigenvalue weighted by Crippen LogP contribution is -2.44. The molecule has 0 unspecified atom stereocenters. The van der Waals surface area contributed by atoms with E-state index in [2.05, 4.69) is 21.9 Å². The predicted molar refractivity (Wildman–Crippen MR) is 84.9 cm³/mol. The van der Waals surface area contributed by atoms with Crippen LogP contribution in [0.5, 0.6) is 0 Å². The maximum Gasteiger partial charge on any atom is 0.240 e. The van der Waals surface area contributed by atoms with Gasteiger partial charge < -0.3 is 10.2 Å². The Labute approximate surface area is 127 Å². The van der Waals surface area contributed by atoms with Crippen LogP contribution < -0.4 is 10.0 Å². The van der Waals surface area contributed by atoms with Crippen molar-refractivity contribution in [3.05, 3.63) is 29.8 Å². The maximum absolute atomic E-state index is 12.1. The molecule has 1 aromatic carbocycles. The number of rotatable bonds is 7. The summed E-state index contributed by atoms with van der Waals surface area (Å²) in [5.74, 6) is 0. The van der Waals surface area contributed by atoms with Gasteiger partial charge in [-0.05, 0) is 37.1 Å². The minimum Gasteiger partial charge on any atom is -0.314 e. The van der Waals surface area contributed by atoms with Crippen LogP contribution in [0.2, 0.25) is 0 Å². The molecule has 0 atom stereocenters. The van der Waals surface area contributed by atoms with Crippen LogP contribution in [0.25, 0.3) is 0 Å². The minimum atomic E-state index is -3.37. The molecule has 1 saturated heterocycles. The van der Waals surface area contributed by atoms with Crippen molar-refractivity contribution < 1.29 is 8.42 Å². The van der Waals surface area contributed by atoms with Crippen molar-refractivity contribution in [2.24, 2.45) is 0 Å². The molecule has 6 heteroatoms. The van der Waals surface area contributed by atoms with E-state index in [1.807, 2.05) is 12.1 Å². The number of hydrogen-bond donors (Lipinski definition) is 2. The van der Waals surface area contributed by atoms with E-state index < -0.39 is 10.0 Å². The molecule has 0 spiro atoms. The fourth-order valence-corrected chi connectivity index (χ4v) is 3.51. The Morgan fingerprint density at radius 2 is 1.86 bits per heavy atom. The van der Waals surface area contributed by atoms with E-state index in [-0.39, 0.29) is 0 Å². The first kappa shape index (κ1) is 16.4. The zero-order valence-corrected chi connectivity index (χ0v) is 13.5. The Bertz CT molecular complexity index is 522. The van der Waals surface area contributed by atoms with Crippen molar-refractivity contribution in [3.63, 3.8) is 0 Å². The summed E-state index contributed by atoms with van der Waals surface area (Å²) in [5.41, 5.74) is 1.15. The molecule has 0 aliphatic carbocycles. The molecule has 118 valence electrons. The van der Waals surface area contributed by atoms with E-state index in [0.717, 1.165) is 51.1 Å². The fraction of sp³-hybridized carbons (Fsp3) is 0.600. The van der Waals surface area contributed by atoms with Gasteiger partial charge in [0, 0.05) is 32.7 Å². The standard InChI is InChI=1S/C15H25N3O2S/c1-2-14-4-6-15(7-5-14)21(19,20)17-8-3-11-18-12-9-16-10-13-18/h4-7,16-17H,2-3,8-13H2,1H3. The number of aryl methyl sites for hydroxylation is 1. The Morgan fingerprint density at radius 1 is 1.19 bits per heavy atom. The summed E-state index contributed by atoms with van der Waals surface area (Å²) in [6.07, 6.45) is 1.75. The third-order valence-corrected chi connectivity index (χ3v) is 5.27. The molecule has 2 rings (SSSR count). The van der Waals surface area contributed by atoms with Crippen LogP contribution in [0.1, 0.15) is 18.9 Å². The average molecular weight is 311 g/mol. The molecule has 1 fully saturated rings. The molecule has 2 N–H and O–H groups in total. The topological polar surface area (TPSA) is 61.4 Å². The summed E-state index contributed by atoms with van der Waals surface area (Å²) in [4.78, 5) is 2.71. The van der Waals surface area contributed by atoms with E-state index in [0.29, 0.717) is 11.4 Å². The van der Waals surface area contributed by atoms with Crippen molar-refractivity contribution in [2.75, 3.05) is 39.3 Å². The lowest BCUT2D eigenvalue weighted by Gasteiger charge is -2.27. The van der Waals surface area contributed by atoms with Crippen LogP contribution in [0.3, 0.4) is 0 Å². The number of hydrogen-bond acceptors (Lipinski definition) is 4. The predicted octanol–water partition coefficient (Wildman–Crippen LogP) is 0.823. The summed E-state index contributed by atoms with van der Waals surface area (Å²) in [6, 6.07) is 7.10. The highest BCUT2D eigenvalue weighted by atomic mass is 32.2. The summed E-state index contributed by atoms with van der Waals surface area (Å²) < 4.78 is 27.0. The second kappa shape index (κ2) is 7.89. The second-order valence-corrected chi connectivity index (χ2v) is 7.11. The zero-order chi connectivity index (χ0) is 15.1. The lowest BCUT2D eigenvalue weighted by atomic mass is 10.2. The van der Waals surface area contributed by atoms with Gasteiger partial charge in [-0.15, -0.1) is 0 Å². The minimum absolute atomic E-state index is 0.349. The summed E-state index contributed by atoms with van der Waals surface area (Å²) in [7, 11) is -3.37. The molecule has 1 heterocycles. The first-order chi connectivity index (χ1) is 10.1. The fourth-order valence-electron chi connectivity index (χ4n) is 2.43. The molecule has 0 radical (unpaired) electrons. The zero-order valence-electron chi connectivity index (χ0n) is 12.6. The van der Waals surface area contributed by atoms with E-state index in [4.69, 9.17) is 0 Å². The molecule has 5 nitrogen and oxygen atoms in total. The maximum atomic E-state index is 12.1. The van der Waals surface area contributed by atoms with Crippen LogP contribution in [0.15, 0.2) is 29.2 Å². The normalized spacial score (nSPS) is 17.0. The van der Waals surface area contributed by atoms with Gasteiger partial charge in [0.05, 0.1) is 4.90 Å². The highest BCUT2D eigenvalue weighted by Crippen LogP contribution is 2.10. The van der Waals surface area contributed by atoms with Gasteiger partial charge in [-0.3, -0.25) is 0 Å². The van der Waals surface area contributed by atoms with Gasteiger partial charge in [0.2, 0.25) is 10.0 Å². The van der Waals surface area contributed by atoms with Crippen molar-refractivity contribution in [3.8, 4) is 0 Å². The van der Waals surface area contributed by atoms with Crippen LogP contribution in [-0.4, -0.2) is 52.6 Å². The molecule has 1 aliphatic rings. The van der Waals surface area contributed by atoms with Crippen molar-refractivity contribution >= 4 is 10.0 Å². The molecule has 21 heavy (non-hydrogen) atoms. The van der Waals surface area contributed by atoms with Crippen LogP contribution >= 0.6 is 0 Å². The van der Waals surface area contributed by atoms with Gasteiger partial charge in [-0.2, -0.15) is 0 Å².